The number of aromatic nitrogens is 1. The fourth-order valence-electron chi connectivity index (χ4n) is 2.03. The van der Waals surface area contributed by atoms with Gasteiger partial charge in [0, 0.05) is 17.9 Å². The number of hydrogen-bond acceptors (Lipinski definition) is 4. The first kappa shape index (κ1) is 12.3. The molecule has 5 heteroatoms. The van der Waals surface area contributed by atoms with E-state index in [2.05, 4.69) is 22.2 Å². The molecule has 1 aromatic rings. The van der Waals surface area contributed by atoms with Gasteiger partial charge in [0.25, 0.3) is 0 Å². The van der Waals surface area contributed by atoms with E-state index in [0.717, 1.165) is 37.9 Å². The first-order valence-corrected chi connectivity index (χ1v) is 6.12. The summed E-state index contributed by atoms with van der Waals surface area (Å²) in [5, 5.41) is 3.79. The van der Waals surface area contributed by atoms with Crippen molar-refractivity contribution in [2.24, 2.45) is 0 Å². The molecule has 1 aliphatic heterocycles. The second kappa shape index (κ2) is 5.47. The highest BCUT2D eigenvalue weighted by molar-refractivity contribution is 6.29. The Labute approximate surface area is 106 Å². The molecule has 4 nitrogen and oxygen atoms in total. The van der Waals surface area contributed by atoms with E-state index >= 15 is 0 Å². The molecule has 0 bridgehead atoms. The Bertz CT molecular complexity index is 403. The number of pyridine rings is 1. The molecule has 0 atom stereocenters. The molecule has 1 aliphatic rings. The summed E-state index contributed by atoms with van der Waals surface area (Å²) < 4.78 is 0. The average molecular weight is 254 g/mol. The highest BCUT2D eigenvalue weighted by Crippen LogP contribution is 2.21. The van der Waals surface area contributed by atoms with Gasteiger partial charge >= 0.3 is 0 Å². The van der Waals surface area contributed by atoms with Crippen LogP contribution < -0.4 is 5.32 Å². The zero-order valence-electron chi connectivity index (χ0n) is 9.82. The summed E-state index contributed by atoms with van der Waals surface area (Å²) in [6.45, 7) is 2.15. The van der Waals surface area contributed by atoms with E-state index in [4.69, 9.17) is 11.6 Å². The van der Waals surface area contributed by atoms with E-state index < -0.39 is 0 Å². The normalized spacial score (nSPS) is 18.0. The summed E-state index contributed by atoms with van der Waals surface area (Å²) in [6.07, 6.45) is 4.47. The Morgan fingerprint density at radius 1 is 1.53 bits per heavy atom. The molecule has 1 fully saturated rings. The Hall–Kier alpha value is -1.13. The number of carbonyl (C=O) groups is 1. The van der Waals surface area contributed by atoms with Crippen LogP contribution in [0, 0.1) is 0 Å². The highest BCUT2D eigenvalue weighted by Gasteiger charge is 2.17. The number of carbonyl (C=O) groups excluding carboxylic acids is 1. The van der Waals surface area contributed by atoms with Gasteiger partial charge in [0.05, 0.1) is 5.56 Å². The van der Waals surface area contributed by atoms with Crippen molar-refractivity contribution < 1.29 is 4.79 Å². The standard InChI is InChI=1S/C12H16ClN3O/c1-16-4-2-10(3-5-16)15-11-6-12(13)14-7-9(11)8-17/h6-8,10H,2-5H2,1H3,(H,14,15). The van der Waals surface area contributed by atoms with E-state index in [9.17, 15) is 4.79 Å². The number of aldehydes is 1. The Morgan fingerprint density at radius 2 is 2.24 bits per heavy atom. The van der Waals surface area contributed by atoms with Gasteiger partial charge in [-0.1, -0.05) is 11.6 Å². The minimum Gasteiger partial charge on any atom is -0.382 e. The van der Waals surface area contributed by atoms with Crippen molar-refractivity contribution in [2.45, 2.75) is 18.9 Å². The predicted octanol–water partition coefficient (Wildman–Crippen LogP) is 2.05. The maximum absolute atomic E-state index is 10.9. The van der Waals surface area contributed by atoms with Crippen LogP contribution in [0.25, 0.3) is 0 Å². The third-order valence-electron chi connectivity index (χ3n) is 3.11. The van der Waals surface area contributed by atoms with Crippen molar-refractivity contribution in [3.8, 4) is 0 Å². The van der Waals surface area contributed by atoms with E-state index in [0.29, 0.717) is 16.8 Å². The van der Waals surface area contributed by atoms with Crippen LogP contribution in [0.5, 0.6) is 0 Å². The fraction of sp³-hybridized carbons (Fsp3) is 0.500. The van der Waals surface area contributed by atoms with Crippen LogP contribution in [0.3, 0.4) is 0 Å². The minimum atomic E-state index is 0.406. The van der Waals surface area contributed by atoms with Crippen LogP contribution >= 0.6 is 11.6 Å². The number of nitrogens with one attached hydrogen (secondary N) is 1. The highest BCUT2D eigenvalue weighted by atomic mass is 35.5. The lowest BCUT2D eigenvalue weighted by molar-refractivity contribution is 0.112. The van der Waals surface area contributed by atoms with Gasteiger partial charge in [-0.05, 0) is 39.0 Å². The molecule has 0 radical (unpaired) electrons. The van der Waals surface area contributed by atoms with Gasteiger partial charge in [-0.2, -0.15) is 0 Å². The second-order valence-electron chi connectivity index (χ2n) is 4.43. The number of likely N-dealkylation sites (tertiary alicyclic amines) is 1. The molecule has 0 aliphatic carbocycles. The summed E-state index contributed by atoms with van der Waals surface area (Å²) in [4.78, 5) is 17.1. The molecular formula is C12H16ClN3O. The number of piperidine rings is 1. The maximum atomic E-state index is 10.9. The molecule has 17 heavy (non-hydrogen) atoms. The minimum absolute atomic E-state index is 0.406. The molecule has 0 spiro atoms. The van der Waals surface area contributed by atoms with Crippen LogP contribution in [-0.4, -0.2) is 42.3 Å². The molecule has 0 unspecified atom stereocenters. The topological polar surface area (TPSA) is 45.2 Å². The first-order valence-electron chi connectivity index (χ1n) is 5.75. The zero-order chi connectivity index (χ0) is 12.3. The van der Waals surface area contributed by atoms with Gasteiger partial charge in [0.1, 0.15) is 5.15 Å². The quantitative estimate of drug-likeness (QED) is 0.662. The molecule has 92 valence electrons. The molecule has 0 saturated carbocycles. The predicted molar refractivity (Wildman–Crippen MR) is 68.8 cm³/mol. The van der Waals surface area contributed by atoms with Crippen LogP contribution in [0.1, 0.15) is 23.2 Å². The number of anilines is 1. The van der Waals surface area contributed by atoms with Crippen LogP contribution in [0.2, 0.25) is 5.15 Å². The van der Waals surface area contributed by atoms with Crippen molar-refractivity contribution in [2.75, 3.05) is 25.5 Å². The molecular weight excluding hydrogens is 238 g/mol. The Balaban J connectivity index is 2.07. The van der Waals surface area contributed by atoms with Gasteiger partial charge in [-0.3, -0.25) is 4.79 Å². The lowest BCUT2D eigenvalue weighted by Gasteiger charge is -2.30. The summed E-state index contributed by atoms with van der Waals surface area (Å²) in [6, 6.07) is 2.12. The fourth-order valence-corrected chi connectivity index (χ4v) is 2.19. The maximum Gasteiger partial charge on any atom is 0.153 e. The molecule has 2 rings (SSSR count). The molecule has 1 saturated heterocycles. The molecule has 1 aromatic heterocycles. The smallest absolute Gasteiger partial charge is 0.153 e. The number of rotatable bonds is 3. The van der Waals surface area contributed by atoms with E-state index in [1.165, 1.54) is 6.20 Å². The van der Waals surface area contributed by atoms with Gasteiger partial charge in [-0.15, -0.1) is 0 Å². The van der Waals surface area contributed by atoms with Crippen molar-refractivity contribution >= 4 is 23.6 Å². The van der Waals surface area contributed by atoms with Gasteiger partial charge < -0.3 is 10.2 Å². The molecule has 0 amide bonds. The lowest BCUT2D eigenvalue weighted by Crippen LogP contribution is -2.36. The van der Waals surface area contributed by atoms with Crippen molar-refractivity contribution in [3.63, 3.8) is 0 Å². The van der Waals surface area contributed by atoms with Gasteiger partial charge in [0.2, 0.25) is 0 Å². The first-order chi connectivity index (χ1) is 8.19. The second-order valence-corrected chi connectivity index (χ2v) is 4.82. The Kier molecular flexibility index (Phi) is 3.97. The van der Waals surface area contributed by atoms with Crippen LogP contribution in [-0.2, 0) is 0 Å². The average Bonchev–Trinajstić information content (AvgIpc) is 2.32. The summed E-state index contributed by atoms with van der Waals surface area (Å²) in [5.41, 5.74) is 1.35. The molecule has 1 N–H and O–H groups in total. The summed E-state index contributed by atoms with van der Waals surface area (Å²) >= 11 is 5.84. The zero-order valence-corrected chi connectivity index (χ0v) is 10.6. The summed E-state index contributed by atoms with van der Waals surface area (Å²) in [7, 11) is 2.12. The SMILES string of the molecule is CN1CCC(Nc2cc(Cl)ncc2C=O)CC1. The largest absolute Gasteiger partial charge is 0.382 e. The third kappa shape index (κ3) is 3.17. The third-order valence-corrected chi connectivity index (χ3v) is 3.31. The lowest BCUT2D eigenvalue weighted by atomic mass is 10.0. The number of hydrogen-bond donors (Lipinski definition) is 1. The van der Waals surface area contributed by atoms with Gasteiger partial charge in [-0.25, -0.2) is 4.98 Å². The summed E-state index contributed by atoms with van der Waals surface area (Å²) in [5.74, 6) is 0. The van der Waals surface area contributed by atoms with Gasteiger partial charge in [0.15, 0.2) is 6.29 Å². The number of halogens is 1. The van der Waals surface area contributed by atoms with Crippen molar-refractivity contribution in [1.29, 1.82) is 0 Å². The molecule has 0 aromatic carbocycles. The molecule has 2 heterocycles. The Morgan fingerprint density at radius 3 is 2.88 bits per heavy atom. The van der Waals surface area contributed by atoms with E-state index in [1.54, 1.807) is 6.07 Å². The van der Waals surface area contributed by atoms with E-state index in [1.807, 2.05) is 0 Å². The van der Waals surface area contributed by atoms with Crippen molar-refractivity contribution in [1.82, 2.24) is 9.88 Å². The monoisotopic (exact) mass is 253 g/mol. The number of nitrogens with zero attached hydrogens (tertiary/aromatic N) is 2. The van der Waals surface area contributed by atoms with E-state index in [-0.39, 0.29) is 0 Å². The van der Waals surface area contributed by atoms with Crippen LogP contribution in [0.4, 0.5) is 5.69 Å². The van der Waals surface area contributed by atoms with Crippen molar-refractivity contribution in [3.05, 3.63) is 23.0 Å². The van der Waals surface area contributed by atoms with Crippen LogP contribution in [0.15, 0.2) is 12.3 Å².